The van der Waals surface area contributed by atoms with Crippen molar-refractivity contribution in [2.75, 3.05) is 6.54 Å². The molecule has 18 heavy (non-hydrogen) atoms. The van der Waals surface area contributed by atoms with E-state index in [-0.39, 0.29) is 0 Å². The third kappa shape index (κ3) is 6.52. The number of rotatable bonds is 9. The van der Waals surface area contributed by atoms with Gasteiger partial charge in [0.05, 0.1) is 0 Å². The second-order valence-corrected chi connectivity index (χ2v) is 7.18. The number of hydrogen-bond donors (Lipinski definition) is 2. The Morgan fingerprint density at radius 3 is 2.33 bits per heavy atom. The lowest BCUT2D eigenvalue weighted by atomic mass is 9.86. The van der Waals surface area contributed by atoms with Crippen LogP contribution in [0, 0.1) is 5.41 Å². The Morgan fingerprint density at radius 1 is 1.39 bits per heavy atom. The molecular weight excluding hydrogens is 250 g/mol. The van der Waals surface area contributed by atoms with Gasteiger partial charge in [0, 0.05) is 5.41 Å². The summed E-state index contributed by atoms with van der Waals surface area (Å²) in [6.45, 7) is 12.0. The highest BCUT2D eigenvalue weighted by molar-refractivity contribution is 7.86. The van der Waals surface area contributed by atoms with Gasteiger partial charge in [-0.25, -0.2) is 0 Å². The van der Waals surface area contributed by atoms with Gasteiger partial charge < -0.3 is 0 Å². The zero-order valence-corrected chi connectivity index (χ0v) is 12.8. The van der Waals surface area contributed by atoms with E-state index in [9.17, 15) is 13.0 Å². The van der Waals surface area contributed by atoms with E-state index < -0.39 is 20.9 Å². The minimum absolute atomic E-state index is 0.554. The molecule has 0 aromatic rings. The predicted octanol–water partition coefficient (Wildman–Crippen LogP) is 2.97. The summed E-state index contributed by atoms with van der Waals surface area (Å²) < 4.78 is 32.3. The van der Waals surface area contributed by atoms with Crippen LogP contribution in [0.25, 0.3) is 0 Å². The maximum absolute atomic E-state index is 11.5. The molecule has 0 aliphatic carbocycles. The van der Waals surface area contributed by atoms with Gasteiger partial charge in [-0.3, -0.25) is 9.87 Å². The lowest BCUT2D eigenvalue weighted by Crippen LogP contribution is -2.48. The van der Waals surface area contributed by atoms with Gasteiger partial charge in [-0.2, -0.15) is 8.42 Å². The standard InChI is InChI=1S/C13H27NO3S/c1-6-7-8-9-14-12(18(15,16)17)13(4,5)10-11(2)3/h12,14H,2,6-10H2,1,3-5H3,(H,15,16,17). The van der Waals surface area contributed by atoms with Crippen LogP contribution in [0.2, 0.25) is 0 Å². The molecule has 0 saturated heterocycles. The second-order valence-electron chi connectivity index (χ2n) is 5.68. The molecule has 108 valence electrons. The summed E-state index contributed by atoms with van der Waals surface area (Å²) in [5, 5.41) is 2.02. The molecule has 1 atom stereocenters. The first-order chi connectivity index (χ1) is 8.11. The van der Waals surface area contributed by atoms with Gasteiger partial charge in [0.25, 0.3) is 10.1 Å². The van der Waals surface area contributed by atoms with Crippen LogP contribution in [-0.2, 0) is 10.1 Å². The van der Waals surface area contributed by atoms with Crippen molar-refractivity contribution in [3.63, 3.8) is 0 Å². The molecule has 0 amide bonds. The molecule has 0 fully saturated rings. The summed E-state index contributed by atoms with van der Waals surface area (Å²) in [5.41, 5.74) is 0.329. The topological polar surface area (TPSA) is 66.4 Å². The van der Waals surface area contributed by atoms with Crippen LogP contribution in [-0.4, -0.2) is 24.9 Å². The Hall–Kier alpha value is -0.390. The maximum atomic E-state index is 11.5. The molecular formula is C13H27NO3S. The molecule has 2 N–H and O–H groups in total. The molecule has 0 aliphatic rings. The first kappa shape index (κ1) is 17.6. The van der Waals surface area contributed by atoms with Gasteiger partial charge >= 0.3 is 0 Å². The Morgan fingerprint density at radius 2 is 1.94 bits per heavy atom. The Kier molecular flexibility index (Phi) is 7.10. The lowest BCUT2D eigenvalue weighted by Gasteiger charge is -2.33. The fourth-order valence-corrected chi connectivity index (χ4v) is 3.48. The number of allylic oxidation sites excluding steroid dienone is 1. The SMILES string of the molecule is C=C(C)CC(C)(C)C(NCCCCC)S(=O)(=O)O. The van der Waals surface area contributed by atoms with Gasteiger partial charge in [0.1, 0.15) is 5.37 Å². The third-order valence-electron chi connectivity index (χ3n) is 2.88. The molecule has 0 aromatic heterocycles. The molecule has 4 nitrogen and oxygen atoms in total. The van der Waals surface area contributed by atoms with E-state index in [1.165, 1.54) is 0 Å². The van der Waals surface area contributed by atoms with E-state index in [0.29, 0.717) is 13.0 Å². The highest BCUT2D eigenvalue weighted by Gasteiger charge is 2.38. The summed E-state index contributed by atoms with van der Waals surface area (Å²) in [6, 6.07) is 0. The van der Waals surface area contributed by atoms with Crippen LogP contribution in [0.15, 0.2) is 12.2 Å². The minimum Gasteiger partial charge on any atom is -0.299 e. The van der Waals surface area contributed by atoms with Crippen molar-refractivity contribution in [2.24, 2.45) is 5.41 Å². The molecule has 0 spiro atoms. The molecule has 1 unspecified atom stereocenters. The lowest BCUT2D eigenvalue weighted by molar-refractivity contribution is 0.281. The average Bonchev–Trinajstić information content (AvgIpc) is 2.12. The van der Waals surface area contributed by atoms with E-state index in [1.54, 1.807) is 0 Å². The van der Waals surface area contributed by atoms with E-state index in [2.05, 4.69) is 18.8 Å². The first-order valence-corrected chi connectivity index (χ1v) is 7.95. The van der Waals surface area contributed by atoms with Crippen LogP contribution >= 0.6 is 0 Å². The predicted molar refractivity (Wildman–Crippen MR) is 76.1 cm³/mol. The Balaban J connectivity index is 4.74. The van der Waals surface area contributed by atoms with Crippen molar-refractivity contribution < 1.29 is 13.0 Å². The highest BCUT2D eigenvalue weighted by atomic mass is 32.2. The molecule has 0 heterocycles. The average molecular weight is 277 g/mol. The van der Waals surface area contributed by atoms with Crippen molar-refractivity contribution in [1.29, 1.82) is 0 Å². The molecule has 0 bridgehead atoms. The molecule has 0 aliphatic heterocycles. The molecule has 5 heteroatoms. The number of unbranched alkanes of at least 4 members (excludes halogenated alkanes) is 2. The van der Waals surface area contributed by atoms with Gasteiger partial charge in [-0.1, -0.05) is 39.2 Å². The van der Waals surface area contributed by atoms with E-state index in [0.717, 1.165) is 24.8 Å². The van der Waals surface area contributed by atoms with Crippen LogP contribution in [0.4, 0.5) is 0 Å². The van der Waals surface area contributed by atoms with Crippen LogP contribution in [0.1, 0.15) is 53.4 Å². The minimum atomic E-state index is -4.11. The number of hydrogen-bond acceptors (Lipinski definition) is 3. The largest absolute Gasteiger partial charge is 0.299 e. The highest BCUT2D eigenvalue weighted by Crippen LogP contribution is 2.31. The zero-order valence-electron chi connectivity index (χ0n) is 12.0. The van der Waals surface area contributed by atoms with Crippen molar-refractivity contribution >= 4 is 10.1 Å². The third-order valence-corrected chi connectivity index (χ3v) is 4.28. The summed E-state index contributed by atoms with van der Waals surface area (Å²) >= 11 is 0. The van der Waals surface area contributed by atoms with E-state index in [4.69, 9.17) is 0 Å². The van der Waals surface area contributed by atoms with Gasteiger partial charge in [0.15, 0.2) is 0 Å². The van der Waals surface area contributed by atoms with E-state index >= 15 is 0 Å². The van der Waals surface area contributed by atoms with Crippen molar-refractivity contribution in [3.8, 4) is 0 Å². The smallest absolute Gasteiger partial charge is 0.281 e. The summed E-state index contributed by atoms with van der Waals surface area (Å²) in [5.74, 6) is 0. The number of nitrogens with one attached hydrogen (secondary N) is 1. The van der Waals surface area contributed by atoms with Crippen LogP contribution in [0.3, 0.4) is 0 Å². The Bertz CT molecular complexity index is 360. The maximum Gasteiger partial charge on any atom is 0.281 e. The summed E-state index contributed by atoms with van der Waals surface area (Å²) in [7, 11) is -4.11. The fraction of sp³-hybridized carbons (Fsp3) is 0.846. The van der Waals surface area contributed by atoms with Gasteiger partial charge in [0.2, 0.25) is 0 Å². The normalized spacial score (nSPS) is 14.5. The first-order valence-electron chi connectivity index (χ1n) is 6.45. The van der Waals surface area contributed by atoms with Crippen LogP contribution < -0.4 is 5.32 Å². The molecule has 0 saturated carbocycles. The van der Waals surface area contributed by atoms with E-state index in [1.807, 2.05) is 20.8 Å². The molecule has 0 rings (SSSR count). The summed E-state index contributed by atoms with van der Waals surface area (Å²) in [4.78, 5) is 0. The van der Waals surface area contributed by atoms with Crippen molar-refractivity contribution in [3.05, 3.63) is 12.2 Å². The summed E-state index contributed by atoms with van der Waals surface area (Å²) in [6.07, 6.45) is 3.59. The van der Waals surface area contributed by atoms with Crippen molar-refractivity contribution in [2.45, 2.75) is 58.8 Å². The monoisotopic (exact) mass is 277 g/mol. The molecule has 0 aromatic carbocycles. The fourth-order valence-electron chi connectivity index (χ4n) is 2.26. The van der Waals surface area contributed by atoms with Gasteiger partial charge in [-0.05, 0) is 26.3 Å². The van der Waals surface area contributed by atoms with Gasteiger partial charge in [-0.15, -0.1) is 6.58 Å². The van der Waals surface area contributed by atoms with Crippen LogP contribution in [0.5, 0.6) is 0 Å². The quantitative estimate of drug-likeness (QED) is 0.386. The Labute approximate surface area is 112 Å². The zero-order chi connectivity index (χ0) is 14.4. The molecule has 0 radical (unpaired) electrons. The second kappa shape index (κ2) is 7.26. The van der Waals surface area contributed by atoms with Crippen molar-refractivity contribution in [1.82, 2.24) is 5.32 Å².